The molecule has 1 aliphatic heterocycles. The Labute approximate surface area is 201 Å². The van der Waals surface area contributed by atoms with Crippen LogP contribution >= 0.6 is 11.6 Å². The third kappa shape index (κ3) is 4.44. The van der Waals surface area contributed by atoms with Gasteiger partial charge in [-0.1, -0.05) is 29.8 Å². The number of hydrogen-bond acceptors (Lipinski definition) is 6. The van der Waals surface area contributed by atoms with Gasteiger partial charge in [-0.05, 0) is 60.9 Å². The largest absolute Gasteiger partial charge is 0.493 e. The molecule has 0 amide bonds. The van der Waals surface area contributed by atoms with Crippen LogP contribution in [-0.4, -0.2) is 23.4 Å². The van der Waals surface area contributed by atoms with Gasteiger partial charge in [-0.3, -0.25) is 9.44 Å². The summed E-state index contributed by atoms with van der Waals surface area (Å²) < 4.78 is 68.0. The van der Waals surface area contributed by atoms with Gasteiger partial charge in [0.25, 0.3) is 20.0 Å². The monoisotopic (exact) mass is 518 g/mol. The number of benzene rings is 3. The number of fused-ring (bicyclic) bond motifs is 2. The Bertz CT molecular complexity index is 1580. The van der Waals surface area contributed by atoms with Crippen molar-refractivity contribution in [2.24, 2.45) is 0 Å². The number of furan rings is 1. The fraction of sp³-hybridized carbons (Fsp3) is 0.130. The number of halogens is 1. The van der Waals surface area contributed by atoms with Crippen molar-refractivity contribution in [2.45, 2.75) is 22.8 Å². The molecular formula is C23H19ClN2O6S2. The first-order valence-electron chi connectivity index (χ1n) is 10.3. The fourth-order valence-electron chi connectivity index (χ4n) is 3.68. The third-order valence-electron chi connectivity index (χ3n) is 5.33. The number of rotatable bonds is 6. The second-order valence-corrected chi connectivity index (χ2v) is 11.5. The molecule has 2 N–H and O–H groups in total. The van der Waals surface area contributed by atoms with Crippen molar-refractivity contribution in [3.05, 3.63) is 77.3 Å². The van der Waals surface area contributed by atoms with E-state index in [1.54, 1.807) is 36.4 Å². The molecule has 34 heavy (non-hydrogen) atoms. The Morgan fingerprint density at radius 2 is 1.62 bits per heavy atom. The van der Waals surface area contributed by atoms with Gasteiger partial charge < -0.3 is 9.15 Å². The Balaban J connectivity index is 1.47. The number of ether oxygens (including phenoxy) is 1. The number of hydrogen-bond donors (Lipinski definition) is 2. The van der Waals surface area contributed by atoms with Crippen LogP contribution in [0.25, 0.3) is 11.0 Å². The molecule has 1 aliphatic rings. The summed E-state index contributed by atoms with van der Waals surface area (Å²) in [5, 5.41) is 0.527. The summed E-state index contributed by atoms with van der Waals surface area (Å²) in [7, 11) is -8.20. The first-order chi connectivity index (χ1) is 16.2. The number of aryl methyl sites for hydroxylation is 1. The van der Waals surface area contributed by atoms with E-state index in [2.05, 4.69) is 9.44 Å². The number of para-hydroxylation sites is 1. The molecule has 5 rings (SSSR count). The topological polar surface area (TPSA) is 115 Å². The zero-order chi connectivity index (χ0) is 23.9. The van der Waals surface area contributed by atoms with Crippen molar-refractivity contribution in [1.29, 1.82) is 0 Å². The highest BCUT2D eigenvalue weighted by molar-refractivity contribution is 7.93. The molecule has 0 atom stereocenters. The molecule has 0 saturated carbocycles. The van der Waals surface area contributed by atoms with Crippen LogP contribution in [0.15, 0.2) is 81.1 Å². The maximum Gasteiger partial charge on any atom is 0.295 e. The molecule has 3 aromatic carbocycles. The van der Waals surface area contributed by atoms with E-state index in [0.29, 0.717) is 29.7 Å². The second-order valence-electron chi connectivity index (χ2n) is 7.73. The van der Waals surface area contributed by atoms with Gasteiger partial charge in [0.05, 0.1) is 22.9 Å². The molecule has 0 unspecified atom stereocenters. The third-order valence-corrected chi connectivity index (χ3v) is 8.15. The summed E-state index contributed by atoms with van der Waals surface area (Å²) in [5.41, 5.74) is 1.18. The molecule has 0 saturated heterocycles. The highest BCUT2D eigenvalue weighted by Crippen LogP contribution is 2.33. The molecule has 0 spiro atoms. The minimum atomic E-state index is -4.17. The van der Waals surface area contributed by atoms with Gasteiger partial charge in [0.15, 0.2) is 0 Å². The first kappa shape index (κ1) is 22.6. The van der Waals surface area contributed by atoms with Gasteiger partial charge in [0.1, 0.15) is 11.3 Å². The molecule has 8 nitrogen and oxygen atoms in total. The van der Waals surface area contributed by atoms with E-state index in [4.69, 9.17) is 20.8 Å². The van der Waals surface area contributed by atoms with E-state index in [1.807, 2.05) is 0 Å². The lowest BCUT2D eigenvalue weighted by Crippen LogP contribution is -2.18. The quantitative estimate of drug-likeness (QED) is 0.370. The van der Waals surface area contributed by atoms with E-state index in [0.717, 1.165) is 12.0 Å². The van der Waals surface area contributed by atoms with Gasteiger partial charge >= 0.3 is 0 Å². The highest BCUT2D eigenvalue weighted by Gasteiger charge is 2.24. The normalized spacial score (nSPS) is 13.8. The van der Waals surface area contributed by atoms with Gasteiger partial charge in [-0.2, -0.15) is 8.42 Å². The summed E-state index contributed by atoms with van der Waals surface area (Å²) in [5.74, 6) is 0.663. The zero-order valence-electron chi connectivity index (χ0n) is 17.6. The Morgan fingerprint density at radius 1 is 0.824 bits per heavy atom. The number of sulfonamides is 2. The lowest BCUT2D eigenvalue weighted by atomic mass is 10.1. The van der Waals surface area contributed by atoms with E-state index in [-0.39, 0.29) is 26.4 Å². The lowest BCUT2D eigenvalue weighted by Gasteiger charge is -2.18. The second kappa shape index (κ2) is 8.53. The van der Waals surface area contributed by atoms with E-state index >= 15 is 0 Å². The average Bonchev–Trinajstić information content (AvgIpc) is 3.26. The molecule has 0 bridgehead atoms. The number of anilines is 2. The molecule has 0 fully saturated rings. The summed E-state index contributed by atoms with van der Waals surface area (Å²) in [6.07, 6.45) is 1.51. The Morgan fingerprint density at radius 3 is 2.44 bits per heavy atom. The molecule has 4 aromatic rings. The standard InChI is InChI=1S/C23H19ClN2O6S2/c24-17-7-9-19(25-33(27,28)18-8-10-21-15(12-18)5-3-11-31-21)20(14-17)26-34(29,30)23-13-16-4-1-2-6-22(16)32-23/h1-2,4,6-10,12-14,25-26H,3,5,11H2. The maximum absolute atomic E-state index is 13.1. The summed E-state index contributed by atoms with van der Waals surface area (Å²) >= 11 is 6.07. The van der Waals surface area contributed by atoms with Gasteiger partial charge in [0, 0.05) is 16.5 Å². The van der Waals surface area contributed by atoms with Crippen LogP contribution in [0, 0.1) is 0 Å². The SMILES string of the molecule is O=S(=O)(Nc1ccc(Cl)cc1NS(=O)(=O)c1cc2ccccc2o1)c1ccc2c(c1)CCCO2. The van der Waals surface area contributed by atoms with E-state index in [1.165, 1.54) is 30.3 Å². The first-order valence-corrected chi connectivity index (χ1v) is 13.7. The van der Waals surface area contributed by atoms with E-state index in [9.17, 15) is 16.8 Å². The van der Waals surface area contributed by atoms with Crippen LogP contribution in [0.1, 0.15) is 12.0 Å². The van der Waals surface area contributed by atoms with Crippen molar-refractivity contribution >= 4 is 54.0 Å². The van der Waals surface area contributed by atoms with Crippen LogP contribution < -0.4 is 14.2 Å². The predicted octanol–water partition coefficient (Wildman–Crippen LogP) is 5.01. The smallest absolute Gasteiger partial charge is 0.295 e. The van der Waals surface area contributed by atoms with Crippen LogP contribution in [0.3, 0.4) is 0 Å². The minimum Gasteiger partial charge on any atom is -0.493 e. The summed E-state index contributed by atoms with van der Waals surface area (Å²) in [6, 6.07) is 17.0. The fourth-order valence-corrected chi connectivity index (χ4v) is 6.03. The van der Waals surface area contributed by atoms with Crippen LogP contribution in [0.4, 0.5) is 11.4 Å². The molecule has 176 valence electrons. The van der Waals surface area contributed by atoms with Crippen molar-refractivity contribution < 1.29 is 26.0 Å². The lowest BCUT2D eigenvalue weighted by molar-refractivity contribution is 0.288. The average molecular weight is 519 g/mol. The van der Waals surface area contributed by atoms with Crippen molar-refractivity contribution in [3.63, 3.8) is 0 Å². The maximum atomic E-state index is 13.1. The van der Waals surface area contributed by atoms with Crippen LogP contribution in [-0.2, 0) is 26.5 Å². The molecule has 1 aromatic heterocycles. The number of nitrogens with one attached hydrogen (secondary N) is 2. The van der Waals surface area contributed by atoms with Gasteiger partial charge in [-0.25, -0.2) is 8.42 Å². The molecule has 0 radical (unpaired) electrons. The van der Waals surface area contributed by atoms with Crippen LogP contribution in [0.2, 0.25) is 5.02 Å². The summed E-state index contributed by atoms with van der Waals surface area (Å²) in [4.78, 5) is 0.0396. The van der Waals surface area contributed by atoms with Crippen molar-refractivity contribution in [2.75, 3.05) is 16.1 Å². The van der Waals surface area contributed by atoms with Crippen molar-refractivity contribution in [1.82, 2.24) is 0 Å². The molecular weight excluding hydrogens is 500 g/mol. The van der Waals surface area contributed by atoms with Crippen LogP contribution in [0.5, 0.6) is 5.75 Å². The zero-order valence-corrected chi connectivity index (χ0v) is 20.0. The van der Waals surface area contributed by atoms with E-state index < -0.39 is 20.0 Å². The summed E-state index contributed by atoms with van der Waals surface area (Å²) in [6.45, 7) is 0.594. The predicted molar refractivity (Wildman–Crippen MR) is 130 cm³/mol. The Kier molecular flexibility index (Phi) is 5.67. The van der Waals surface area contributed by atoms with Gasteiger partial charge in [0.2, 0.25) is 5.09 Å². The molecule has 2 heterocycles. The highest BCUT2D eigenvalue weighted by atomic mass is 35.5. The minimum absolute atomic E-state index is 0.0121. The van der Waals surface area contributed by atoms with Crippen molar-refractivity contribution in [3.8, 4) is 5.75 Å². The molecule has 0 aliphatic carbocycles. The molecule has 11 heteroatoms. The Hall–Kier alpha value is -3.21. The van der Waals surface area contributed by atoms with Gasteiger partial charge in [-0.15, -0.1) is 0 Å².